The van der Waals surface area contributed by atoms with E-state index in [0.29, 0.717) is 5.56 Å². The Morgan fingerprint density at radius 3 is 2.83 bits per heavy atom. The Labute approximate surface area is 129 Å². The molecule has 0 atom stereocenters. The average molecular weight is 315 g/mol. The SMILES string of the molecule is Nc1cc(C(=O)Nc2cc(-c3cccc(F)c3F)[nH]n2)ccn1. The average Bonchev–Trinajstić information content (AvgIpc) is 2.98. The Morgan fingerprint density at radius 1 is 1.22 bits per heavy atom. The molecule has 0 unspecified atom stereocenters. The molecule has 2 heterocycles. The van der Waals surface area contributed by atoms with Crippen LogP contribution in [0.3, 0.4) is 0 Å². The van der Waals surface area contributed by atoms with Gasteiger partial charge in [0.15, 0.2) is 17.5 Å². The van der Waals surface area contributed by atoms with Crippen LogP contribution >= 0.6 is 0 Å². The summed E-state index contributed by atoms with van der Waals surface area (Å²) in [5.41, 5.74) is 6.08. The second-order valence-electron chi connectivity index (χ2n) is 4.69. The largest absolute Gasteiger partial charge is 0.384 e. The number of nitrogens with two attached hydrogens (primary N) is 1. The molecule has 0 aliphatic rings. The standard InChI is InChI=1S/C15H11F2N5O/c16-10-3-1-2-9(14(10)17)11-7-13(22-21-11)20-15(23)8-4-5-19-12(18)6-8/h1-7H,(H2,18,19)(H2,20,21,22,23). The van der Waals surface area contributed by atoms with Gasteiger partial charge in [-0.15, -0.1) is 0 Å². The van der Waals surface area contributed by atoms with Crippen LogP contribution in [0.15, 0.2) is 42.6 Å². The summed E-state index contributed by atoms with van der Waals surface area (Å²) >= 11 is 0. The van der Waals surface area contributed by atoms with Crippen molar-refractivity contribution in [3.63, 3.8) is 0 Å². The normalized spacial score (nSPS) is 10.5. The van der Waals surface area contributed by atoms with E-state index >= 15 is 0 Å². The summed E-state index contributed by atoms with van der Waals surface area (Å²) < 4.78 is 27.0. The van der Waals surface area contributed by atoms with Crippen LogP contribution in [0.5, 0.6) is 0 Å². The lowest BCUT2D eigenvalue weighted by Crippen LogP contribution is -2.12. The second kappa shape index (κ2) is 5.84. The van der Waals surface area contributed by atoms with Crippen molar-refractivity contribution in [1.29, 1.82) is 0 Å². The zero-order valence-electron chi connectivity index (χ0n) is 11.7. The van der Waals surface area contributed by atoms with Crippen LogP contribution < -0.4 is 11.1 Å². The summed E-state index contributed by atoms with van der Waals surface area (Å²) in [4.78, 5) is 15.8. The van der Waals surface area contributed by atoms with Gasteiger partial charge in [-0.1, -0.05) is 6.07 Å². The van der Waals surface area contributed by atoms with Crippen LogP contribution in [-0.4, -0.2) is 21.1 Å². The Hall–Kier alpha value is -3.29. The van der Waals surface area contributed by atoms with E-state index in [2.05, 4.69) is 20.5 Å². The predicted octanol–water partition coefficient (Wildman–Crippen LogP) is 2.58. The lowest BCUT2D eigenvalue weighted by atomic mass is 10.1. The first-order valence-corrected chi connectivity index (χ1v) is 6.57. The maximum atomic E-state index is 13.7. The number of hydrogen-bond acceptors (Lipinski definition) is 4. The molecule has 0 saturated carbocycles. The number of carbonyl (C=O) groups is 1. The van der Waals surface area contributed by atoms with E-state index in [-0.39, 0.29) is 22.9 Å². The summed E-state index contributed by atoms with van der Waals surface area (Å²) in [5.74, 6) is -2.02. The van der Waals surface area contributed by atoms with E-state index in [1.807, 2.05) is 0 Å². The third kappa shape index (κ3) is 3.00. The van der Waals surface area contributed by atoms with Gasteiger partial charge in [0.2, 0.25) is 0 Å². The summed E-state index contributed by atoms with van der Waals surface area (Å²) in [6.45, 7) is 0. The molecule has 6 nitrogen and oxygen atoms in total. The van der Waals surface area contributed by atoms with Crippen molar-refractivity contribution in [3.8, 4) is 11.3 Å². The number of nitrogens with zero attached hydrogens (tertiary/aromatic N) is 2. The van der Waals surface area contributed by atoms with Crippen molar-refractivity contribution in [2.24, 2.45) is 0 Å². The number of carbonyl (C=O) groups excluding carboxylic acids is 1. The Kier molecular flexibility index (Phi) is 3.71. The first-order chi connectivity index (χ1) is 11.0. The molecule has 0 saturated heterocycles. The first-order valence-electron chi connectivity index (χ1n) is 6.57. The van der Waals surface area contributed by atoms with E-state index < -0.39 is 17.5 Å². The molecule has 0 aliphatic heterocycles. The van der Waals surface area contributed by atoms with Gasteiger partial charge in [0.1, 0.15) is 5.82 Å². The number of pyridine rings is 1. The molecule has 3 rings (SSSR count). The number of hydrogen-bond donors (Lipinski definition) is 3. The Balaban J connectivity index is 1.82. The monoisotopic (exact) mass is 315 g/mol. The van der Waals surface area contributed by atoms with E-state index in [0.717, 1.165) is 6.07 Å². The number of aromatic amines is 1. The van der Waals surface area contributed by atoms with Crippen molar-refractivity contribution in [2.75, 3.05) is 11.1 Å². The molecule has 1 amide bonds. The Morgan fingerprint density at radius 2 is 2.04 bits per heavy atom. The van der Waals surface area contributed by atoms with E-state index in [9.17, 15) is 13.6 Å². The number of rotatable bonds is 3. The number of anilines is 2. The highest BCUT2D eigenvalue weighted by atomic mass is 19.2. The van der Waals surface area contributed by atoms with Gasteiger partial charge in [0, 0.05) is 23.4 Å². The van der Waals surface area contributed by atoms with Gasteiger partial charge in [0.05, 0.1) is 5.69 Å². The molecule has 3 aromatic rings. The van der Waals surface area contributed by atoms with Crippen LogP contribution in [-0.2, 0) is 0 Å². The minimum atomic E-state index is -0.990. The zero-order valence-corrected chi connectivity index (χ0v) is 11.7. The number of nitrogen functional groups attached to an aromatic ring is 1. The molecule has 0 radical (unpaired) electrons. The molecule has 2 aromatic heterocycles. The number of nitrogens with one attached hydrogen (secondary N) is 2. The van der Waals surface area contributed by atoms with Gasteiger partial charge >= 0.3 is 0 Å². The highest BCUT2D eigenvalue weighted by Crippen LogP contribution is 2.24. The maximum Gasteiger partial charge on any atom is 0.257 e. The molecule has 4 N–H and O–H groups in total. The number of H-pyrrole nitrogens is 1. The van der Waals surface area contributed by atoms with Gasteiger partial charge in [0.25, 0.3) is 5.91 Å². The van der Waals surface area contributed by atoms with E-state index in [1.54, 1.807) is 0 Å². The summed E-state index contributed by atoms with van der Waals surface area (Å²) in [7, 11) is 0. The molecule has 0 bridgehead atoms. The predicted molar refractivity (Wildman–Crippen MR) is 80.5 cm³/mol. The van der Waals surface area contributed by atoms with Crippen LogP contribution in [0.2, 0.25) is 0 Å². The van der Waals surface area contributed by atoms with Crippen molar-refractivity contribution in [2.45, 2.75) is 0 Å². The van der Waals surface area contributed by atoms with Crippen molar-refractivity contribution < 1.29 is 13.6 Å². The topological polar surface area (TPSA) is 96.7 Å². The molecule has 0 aliphatic carbocycles. The first kappa shape index (κ1) is 14.6. The van der Waals surface area contributed by atoms with Crippen LogP contribution in [0.4, 0.5) is 20.4 Å². The van der Waals surface area contributed by atoms with Crippen LogP contribution in [0.1, 0.15) is 10.4 Å². The molecule has 116 valence electrons. The minimum Gasteiger partial charge on any atom is -0.384 e. The van der Waals surface area contributed by atoms with E-state index in [1.165, 1.54) is 36.5 Å². The molecule has 23 heavy (non-hydrogen) atoms. The highest BCUT2D eigenvalue weighted by Gasteiger charge is 2.14. The molecular formula is C15H11F2N5O. The number of amides is 1. The van der Waals surface area contributed by atoms with Gasteiger partial charge in [-0.3, -0.25) is 9.89 Å². The van der Waals surface area contributed by atoms with Crippen LogP contribution in [0, 0.1) is 11.6 Å². The van der Waals surface area contributed by atoms with Crippen molar-refractivity contribution in [1.82, 2.24) is 15.2 Å². The quantitative estimate of drug-likeness (QED) is 0.692. The summed E-state index contributed by atoms with van der Waals surface area (Å²) in [6, 6.07) is 8.11. The zero-order chi connectivity index (χ0) is 16.4. The van der Waals surface area contributed by atoms with Crippen molar-refractivity contribution in [3.05, 3.63) is 59.8 Å². The van der Waals surface area contributed by atoms with E-state index in [4.69, 9.17) is 5.73 Å². The molecule has 0 spiro atoms. The van der Waals surface area contributed by atoms with Gasteiger partial charge in [-0.05, 0) is 24.3 Å². The third-order valence-corrected chi connectivity index (χ3v) is 3.10. The highest BCUT2D eigenvalue weighted by molar-refractivity contribution is 6.04. The van der Waals surface area contributed by atoms with Crippen molar-refractivity contribution >= 4 is 17.5 Å². The van der Waals surface area contributed by atoms with Gasteiger partial charge in [-0.2, -0.15) is 5.10 Å². The fourth-order valence-electron chi connectivity index (χ4n) is 2.01. The summed E-state index contributed by atoms with van der Waals surface area (Å²) in [6.07, 6.45) is 1.41. The number of benzene rings is 1. The van der Waals surface area contributed by atoms with Gasteiger partial charge in [-0.25, -0.2) is 13.8 Å². The minimum absolute atomic E-state index is 0.0196. The fraction of sp³-hybridized carbons (Fsp3) is 0. The fourth-order valence-corrected chi connectivity index (χ4v) is 2.01. The van der Waals surface area contributed by atoms with Gasteiger partial charge < -0.3 is 11.1 Å². The molecule has 0 fully saturated rings. The van der Waals surface area contributed by atoms with Crippen LogP contribution in [0.25, 0.3) is 11.3 Å². The molecule has 8 heteroatoms. The lowest BCUT2D eigenvalue weighted by molar-refractivity contribution is 0.102. The molecular weight excluding hydrogens is 304 g/mol. The lowest BCUT2D eigenvalue weighted by Gasteiger charge is -2.02. The second-order valence-corrected chi connectivity index (χ2v) is 4.69. The smallest absolute Gasteiger partial charge is 0.257 e. The third-order valence-electron chi connectivity index (χ3n) is 3.10. The maximum absolute atomic E-state index is 13.7. The Bertz CT molecular complexity index is 878. The number of aromatic nitrogens is 3. The number of halogens is 2. The molecule has 1 aromatic carbocycles. The summed E-state index contributed by atoms with van der Waals surface area (Å²) in [5, 5.41) is 8.94.